The highest BCUT2D eigenvalue weighted by Crippen LogP contribution is 2.24. The summed E-state index contributed by atoms with van der Waals surface area (Å²) in [6.07, 6.45) is 1.36. The van der Waals surface area contributed by atoms with Gasteiger partial charge in [-0.1, -0.05) is 41.4 Å². The molecule has 2 aromatic carbocycles. The van der Waals surface area contributed by atoms with Crippen LogP contribution in [-0.2, 0) is 0 Å². The van der Waals surface area contributed by atoms with E-state index in [1.54, 1.807) is 24.3 Å². The van der Waals surface area contributed by atoms with Gasteiger partial charge in [-0.25, -0.2) is 9.97 Å². The number of benzene rings is 2. The van der Waals surface area contributed by atoms with Crippen LogP contribution in [0.25, 0.3) is 0 Å². The smallest absolute Gasteiger partial charge is 0.274 e. The van der Waals surface area contributed by atoms with Crippen molar-refractivity contribution in [3.63, 3.8) is 0 Å². The number of anilines is 3. The van der Waals surface area contributed by atoms with Gasteiger partial charge < -0.3 is 10.2 Å². The monoisotopic (exact) mass is 372 g/mol. The SMILES string of the molecule is CN(c1ccccc1)c1cc(C(=O)Nc2cc(Cl)cc(Cl)c2)ncn1. The molecule has 7 heteroatoms. The molecular formula is C18H14Cl2N4O. The number of hydrogen-bond acceptors (Lipinski definition) is 4. The second-order valence-electron chi connectivity index (χ2n) is 5.27. The number of halogens is 2. The maximum absolute atomic E-state index is 12.4. The summed E-state index contributed by atoms with van der Waals surface area (Å²) < 4.78 is 0. The molecule has 3 aromatic rings. The Morgan fingerprint density at radius 2 is 1.68 bits per heavy atom. The molecule has 1 heterocycles. The van der Waals surface area contributed by atoms with Gasteiger partial charge in [0.2, 0.25) is 0 Å². The maximum Gasteiger partial charge on any atom is 0.274 e. The zero-order valence-corrected chi connectivity index (χ0v) is 14.8. The van der Waals surface area contributed by atoms with Gasteiger partial charge in [0.05, 0.1) is 0 Å². The third-order valence-electron chi connectivity index (χ3n) is 3.49. The van der Waals surface area contributed by atoms with Crippen molar-refractivity contribution >= 4 is 46.3 Å². The fraction of sp³-hybridized carbons (Fsp3) is 0.0556. The number of rotatable bonds is 4. The van der Waals surface area contributed by atoms with Crippen molar-refractivity contribution in [1.29, 1.82) is 0 Å². The zero-order chi connectivity index (χ0) is 17.8. The molecular weight excluding hydrogens is 359 g/mol. The van der Waals surface area contributed by atoms with E-state index in [2.05, 4.69) is 15.3 Å². The lowest BCUT2D eigenvalue weighted by Crippen LogP contribution is -2.17. The first-order chi connectivity index (χ1) is 12.0. The minimum absolute atomic E-state index is 0.240. The van der Waals surface area contributed by atoms with Crippen LogP contribution in [0.15, 0.2) is 60.9 Å². The molecule has 126 valence electrons. The van der Waals surface area contributed by atoms with Gasteiger partial charge in [-0.2, -0.15) is 0 Å². The molecule has 0 aliphatic carbocycles. The van der Waals surface area contributed by atoms with Gasteiger partial charge in [-0.15, -0.1) is 0 Å². The second-order valence-corrected chi connectivity index (χ2v) is 6.14. The predicted molar refractivity (Wildman–Crippen MR) is 101 cm³/mol. The van der Waals surface area contributed by atoms with E-state index in [4.69, 9.17) is 23.2 Å². The standard InChI is InChI=1S/C18H14Cl2N4O/c1-24(15-5-3-2-4-6-15)17-10-16(21-11-22-17)18(25)23-14-8-12(19)7-13(20)9-14/h2-11H,1H3,(H,23,25). The summed E-state index contributed by atoms with van der Waals surface area (Å²) in [6.45, 7) is 0. The van der Waals surface area contributed by atoms with E-state index in [-0.39, 0.29) is 11.6 Å². The first-order valence-electron chi connectivity index (χ1n) is 7.41. The summed E-state index contributed by atoms with van der Waals surface area (Å²) in [5, 5.41) is 3.61. The van der Waals surface area contributed by atoms with Gasteiger partial charge in [0.25, 0.3) is 5.91 Å². The molecule has 0 atom stereocenters. The van der Waals surface area contributed by atoms with Gasteiger partial charge in [-0.05, 0) is 30.3 Å². The van der Waals surface area contributed by atoms with Crippen LogP contribution in [0.1, 0.15) is 10.5 Å². The van der Waals surface area contributed by atoms with Gasteiger partial charge in [0.1, 0.15) is 17.8 Å². The van der Waals surface area contributed by atoms with Crippen LogP contribution in [0, 0.1) is 0 Å². The molecule has 1 aromatic heterocycles. The van der Waals surface area contributed by atoms with E-state index >= 15 is 0 Å². The largest absolute Gasteiger partial charge is 0.329 e. The van der Waals surface area contributed by atoms with Crippen LogP contribution in [-0.4, -0.2) is 22.9 Å². The molecule has 0 saturated heterocycles. The van der Waals surface area contributed by atoms with Crippen molar-refractivity contribution in [2.45, 2.75) is 0 Å². The number of aromatic nitrogens is 2. The molecule has 0 bridgehead atoms. The Labute approximate surface area is 155 Å². The normalized spacial score (nSPS) is 10.4. The predicted octanol–water partition coefficient (Wildman–Crippen LogP) is 4.80. The molecule has 0 fully saturated rings. The third-order valence-corrected chi connectivity index (χ3v) is 3.93. The summed E-state index contributed by atoms with van der Waals surface area (Å²) >= 11 is 11.9. The molecule has 0 aliphatic heterocycles. The summed E-state index contributed by atoms with van der Waals surface area (Å²) in [5.74, 6) is 0.235. The molecule has 0 spiro atoms. The topological polar surface area (TPSA) is 58.1 Å². The number of nitrogens with one attached hydrogen (secondary N) is 1. The molecule has 5 nitrogen and oxygen atoms in total. The van der Waals surface area contributed by atoms with Crippen LogP contribution in [0.4, 0.5) is 17.2 Å². The van der Waals surface area contributed by atoms with Crippen LogP contribution < -0.4 is 10.2 Å². The van der Waals surface area contributed by atoms with E-state index in [1.807, 2.05) is 42.3 Å². The Kier molecular flexibility index (Phi) is 5.16. The van der Waals surface area contributed by atoms with E-state index in [0.29, 0.717) is 21.6 Å². The van der Waals surface area contributed by atoms with E-state index in [1.165, 1.54) is 6.33 Å². The lowest BCUT2D eigenvalue weighted by atomic mass is 10.2. The molecule has 0 aliphatic rings. The Morgan fingerprint density at radius 1 is 1.00 bits per heavy atom. The van der Waals surface area contributed by atoms with Gasteiger partial charge >= 0.3 is 0 Å². The number of amides is 1. The zero-order valence-electron chi connectivity index (χ0n) is 13.3. The molecule has 0 saturated carbocycles. The number of para-hydroxylation sites is 1. The first kappa shape index (κ1) is 17.2. The van der Waals surface area contributed by atoms with E-state index in [0.717, 1.165) is 5.69 Å². The highest BCUT2D eigenvalue weighted by atomic mass is 35.5. The second kappa shape index (κ2) is 7.51. The van der Waals surface area contributed by atoms with E-state index < -0.39 is 0 Å². The van der Waals surface area contributed by atoms with Crippen LogP contribution in [0.3, 0.4) is 0 Å². The average molecular weight is 373 g/mol. The van der Waals surface area contributed by atoms with E-state index in [9.17, 15) is 4.79 Å². The maximum atomic E-state index is 12.4. The molecule has 25 heavy (non-hydrogen) atoms. The Balaban J connectivity index is 1.82. The fourth-order valence-corrected chi connectivity index (χ4v) is 2.79. The molecule has 0 unspecified atom stereocenters. The number of hydrogen-bond donors (Lipinski definition) is 1. The molecule has 1 N–H and O–H groups in total. The average Bonchev–Trinajstić information content (AvgIpc) is 2.61. The molecule has 0 radical (unpaired) electrons. The Bertz CT molecular complexity index is 882. The quantitative estimate of drug-likeness (QED) is 0.714. The van der Waals surface area contributed by atoms with Crippen molar-refractivity contribution in [2.75, 3.05) is 17.3 Å². The van der Waals surface area contributed by atoms with Crippen molar-refractivity contribution in [3.05, 3.63) is 76.7 Å². The number of nitrogens with zero attached hydrogens (tertiary/aromatic N) is 3. The highest BCUT2D eigenvalue weighted by molar-refractivity contribution is 6.35. The lowest BCUT2D eigenvalue weighted by Gasteiger charge is -2.18. The Morgan fingerprint density at radius 3 is 2.36 bits per heavy atom. The third kappa shape index (κ3) is 4.26. The minimum Gasteiger partial charge on any atom is -0.329 e. The summed E-state index contributed by atoms with van der Waals surface area (Å²) in [4.78, 5) is 22.6. The lowest BCUT2D eigenvalue weighted by molar-refractivity contribution is 0.102. The van der Waals surface area contributed by atoms with Crippen LogP contribution in [0.5, 0.6) is 0 Å². The van der Waals surface area contributed by atoms with Crippen LogP contribution in [0.2, 0.25) is 10.0 Å². The van der Waals surface area contributed by atoms with Crippen molar-refractivity contribution in [3.8, 4) is 0 Å². The van der Waals surface area contributed by atoms with Crippen molar-refractivity contribution in [1.82, 2.24) is 9.97 Å². The number of carbonyl (C=O) groups excluding carboxylic acids is 1. The first-order valence-corrected chi connectivity index (χ1v) is 8.17. The molecule has 3 rings (SSSR count). The minimum atomic E-state index is -0.372. The highest BCUT2D eigenvalue weighted by Gasteiger charge is 2.12. The summed E-state index contributed by atoms with van der Waals surface area (Å²) in [7, 11) is 1.87. The van der Waals surface area contributed by atoms with Gasteiger partial charge in [-0.3, -0.25) is 4.79 Å². The van der Waals surface area contributed by atoms with Gasteiger partial charge in [0.15, 0.2) is 0 Å². The van der Waals surface area contributed by atoms with Crippen LogP contribution >= 0.6 is 23.2 Å². The number of carbonyl (C=O) groups is 1. The molecule has 1 amide bonds. The van der Waals surface area contributed by atoms with Crippen molar-refractivity contribution < 1.29 is 4.79 Å². The summed E-state index contributed by atoms with van der Waals surface area (Å²) in [5.41, 5.74) is 1.69. The van der Waals surface area contributed by atoms with Gasteiger partial charge in [0, 0.05) is 34.5 Å². The Hall–Kier alpha value is -2.63. The van der Waals surface area contributed by atoms with Crippen molar-refractivity contribution in [2.24, 2.45) is 0 Å². The fourth-order valence-electron chi connectivity index (χ4n) is 2.26. The summed E-state index contributed by atoms with van der Waals surface area (Å²) in [6, 6.07) is 16.2.